The van der Waals surface area contributed by atoms with Gasteiger partial charge in [-0.05, 0) is 31.2 Å². The van der Waals surface area contributed by atoms with E-state index >= 15 is 0 Å². The zero-order valence-corrected chi connectivity index (χ0v) is 13.2. The fourth-order valence-corrected chi connectivity index (χ4v) is 2.27. The summed E-state index contributed by atoms with van der Waals surface area (Å²) in [4.78, 5) is 36.0. The van der Waals surface area contributed by atoms with Crippen LogP contribution < -0.4 is 10.5 Å². The Hall–Kier alpha value is -3.54. The zero-order valence-electron chi connectivity index (χ0n) is 13.2. The molecule has 2 aromatic rings. The Morgan fingerprint density at radius 3 is 2.56 bits per heavy atom. The maximum atomic E-state index is 13.0. The minimum atomic E-state index is -0.795. The van der Waals surface area contributed by atoms with Crippen LogP contribution in [0.25, 0.3) is 0 Å². The van der Waals surface area contributed by atoms with E-state index in [1.165, 1.54) is 29.2 Å². The van der Waals surface area contributed by atoms with Crippen LogP contribution in [0.15, 0.2) is 41.3 Å². The first-order valence-electron chi connectivity index (χ1n) is 7.22. The topological polar surface area (TPSA) is 109 Å². The molecule has 1 heterocycles. The lowest BCUT2D eigenvalue weighted by molar-refractivity contribution is -0.385. The standard InChI is InChI=1S/C16H13FN4O4/c1-2-20(13-5-3-12(17)4-6-13)15(22)10-19-9-14(21(24)25)7-11(8-18)16(19)23/h3-7,9H,2,10H2,1H3. The van der Waals surface area contributed by atoms with Gasteiger partial charge in [0.25, 0.3) is 11.2 Å². The summed E-state index contributed by atoms with van der Waals surface area (Å²) < 4.78 is 13.8. The van der Waals surface area contributed by atoms with E-state index < -0.39 is 40.0 Å². The van der Waals surface area contributed by atoms with Crippen LogP contribution in [0, 0.1) is 27.3 Å². The molecular formula is C16H13FN4O4. The molecule has 0 N–H and O–H groups in total. The predicted molar refractivity (Wildman–Crippen MR) is 86.5 cm³/mol. The quantitative estimate of drug-likeness (QED) is 0.607. The van der Waals surface area contributed by atoms with E-state index in [0.29, 0.717) is 5.69 Å². The van der Waals surface area contributed by atoms with Crippen LogP contribution in [-0.4, -0.2) is 21.9 Å². The summed E-state index contributed by atoms with van der Waals surface area (Å²) in [5.74, 6) is -0.985. The van der Waals surface area contributed by atoms with Gasteiger partial charge < -0.3 is 4.90 Å². The van der Waals surface area contributed by atoms with Crippen LogP contribution in [0.3, 0.4) is 0 Å². The van der Waals surface area contributed by atoms with E-state index in [2.05, 4.69) is 0 Å². The number of carbonyl (C=O) groups is 1. The van der Waals surface area contributed by atoms with Gasteiger partial charge in [-0.3, -0.25) is 24.3 Å². The van der Waals surface area contributed by atoms with Gasteiger partial charge in [-0.15, -0.1) is 0 Å². The highest BCUT2D eigenvalue weighted by Gasteiger charge is 2.19. The third kappa shape index (κ3) is 3.87. The zero-order chi connectivity index (χ0) is 18.6. The van der Waals surface area contributed by atoms with Crippen molar-refractivity contribution in [2.75, 3.05) is 11.4 Å². The summed E-state index contributed by atoms with van der Waals surface area (Å²) in [6.45, 7) is 1.46. The molecule has 0 fully saturated rings. The molecule has 0 bridgehead atoms. The van der Waals surface area contributed by atoms with Crippen LogP contribution in [-0.2, 0) is 11.3 Å². The maximum absolute atomic E-state index is 13.0. The molecular weight excluding hydrogens is 331 g/mol. The normalized spacial score (nSPS) is 10.1. The Kier molecular flexibility index (Phi) is 5.24. The fourth-order valence-electron chi connectivity index (χ4n) is 2.27. The van der Waals surface area contributed by atoms with Crippen LogP contribution in [0.5, 0.6) is 0 Å². The molecule has 0 saturated heterocycles. The van der Waals surface area contributed by atoms with Crippen molar-refractivity contribution in [1.29, 1.82) is 5.26 Å². The molecule has 0 saturated carbocycles. The highest BCUT2D eigenvalue weighted by molar-refractivity contribution is 5.93. The first-order chi connectivity index (χ1) is 11.9. The number of anilines is 1. The van der Waals surface area contributed by atoms with Crippen LogP contribution in [0.1, 0.15) is 12.5 Å². The number of aromatic nitrogens is 1. The minimum Gasteiger partial charge on any atom is -0.311 e. The summed E-state index contributed by atoms with van der Waals surface area (Å²) in [6, 6.07) is 7.65. The van der Waals surface area contributed by atoms with Gasteiger partial charge in [-0.2, -0.15) is 5.26 Å². The van der Waals surface area contributed by atoms with Gasteiger partial charge in [0.1, 0.15) is 24.0 Å². The van der Waals surface area contributed by atoms with E-state index in [1.807, 2.05) is 0 Å². The summed E-state index contributed by atoms with van der Waals surface area (Å²) in [6.07, 6.45) is 0.916. The molecule has 0 unspecified atom stereocenters. The number of carbonyl (C=O) groups excluding carboxylic acids is 1. The minimum absolute atomic E-state index is 0.249. The predicted octanol–water partition coefficient (Wildman–Crippen LogP) is 1.82. The van der Waals surface area contributed by atoms with Crippen molar-refractivity contribution >= 4 is 17.3 Å². The number of nitro groups is 1. The van der Waals surface area contributed by atoms with Crippen molar-refractivity contribution in [3.63, 3.8) is 0 Å². The summed E-state index contributed by atoms with van der Waals surface area (Å²) >= 11 is 0. The van der Waals surface area contributed by atoms with Crippen molar-refractivity contribution in [3.8, 4) is 6.07 Å². The number of pyridine rings is 1. The van der Waals surface area contributed by atoms with Crippen LogP contribution in [0.2, 0.25) is 0 Å². The molecule has 0 atom stereocenters. The lowest BCUT2D eigenvalue weighted by Crippen LogP contribution is -2.37. The highest BCUT2D eigenvalue weighted by Crippen LogP contribution is 2.16. The van der Waals surface area contributed by atoms with Gasteiger partial charge in [-0.1, -0.05) is 0 Å². The van der Waals surface area contributed by atoms with Gasteiger partial charge in [0.05, 0.1) is 11.1 Å². The molecule has 0 aliphatic heterocycles. The number of nitrogens with zero attached hydrogens (tertiary/aromatic N) is 4. The third-order valence-corrected chi connectivity index (χ3v) is 3.46. The molecule has 0 aliphatic carbocycles. The molecule has 128 valence electrons. The van der Waals surface area contributed by atoms with Crippen LogP contribution in [0.4, 0.5) is 15.8 Å². The van der Waals surface area contributed by atoms with E-state index in [1.54, 1.807) is 13.0 Å². The van der Waals surface area contributed by atoms with Crippen molar-refractivity contribution in [1.82, 2.24) is 4.57 Å². The molecule has 2 rings (SSSR count). The summed E-state index contributed by atoms with van der Waals surface area (Å²) in [5.41, 5.74) is -1.26. The second-order valence-electron chi connectivity index (χ2n) is 5.03. The Bertz CT molecular complexity index is 915. The molecule has 0 aliphatic rings. The Balaban J connectivity index is 2.37. The first kappa shape index (κ1) is 17.8. The second-order valence-corrected chi connectivity index (χ2v) is 5.03. The number of benzene rings is 1. The number of amides is 1. The van der Waals surface area contributed by atoms with Crippen molar-refractivity contribution in [2.45, 2.75) is 13.5 Å². The molecule has 8 nitrogen and oxygen atoms in total. The maximum Gasteiger partial charge on any atom is 0.287 e. The third-order valence-electron chi connectivity index (χ3n) is 3.46. The van der Waals surface area contributed by atoms with E-state index in [9.17, 15) is 24.1 Å². The molecule has 25 heavy (non-hydrogen) atoms. The fraction of sp³-hybridized carbons (Fsp3) is 0.188. The average Bonchev–Trinajstić information content (AvgIpc) is 2.58. The summed E-state index contributed by atoms with van der Waals surface area (Å²) in [7, 11) is 0. The number of hydrogen-bond donors (Lipinski definition) is 0. The van der Waals surface area contributed by atoms with Gasteiger partial charge in [0.2, 0.25) is 5.91 Å². The molecule has 0 radical (unpaired) electrons. The molecule has 9 heteroatoms. The van der Waals surface area contributed by atoms with Crippen molar-refractivity contribution in [3.05, 3.63) is 68.4 Å². The van der Waals surface area contributed by atoms with Gasteiger partial charge >= 0.3 is 0 Å². The lowest BCUT2D eigenvalue weighted by atomic mass is 10.2. The van der Waals surface area contributed by atoms with Gasteiger partial charge in [0, 0.05) is 18.3 Å². The number of hydrogen-bond acceptors (Lipinski definition) is 5. The number of nitriles is 1. The van der Waals surface area contributed by atoms with Crippen LogP contribution >= 0.6 is 0 Å². The van der Waals surface area contributed by atoms with Crippen molar-refractivity contribution < 1.29 is 14.1 Å². The molecule has 1 amide bonds. The molecule has 1 aromatic carbocycles. The Labute approximate surface area is 141 Å². The highest BCUT2D eigenvalue weighted by atomic mass is 19.1. The van der Waals surface area contributed by atoms with E-state index in [4.69, 9.17) is 5.26 Å². The van der Waals surface area contributed by atoms with Gasteiger partial charge in [-0.25, -0.2) is 4.39 Å². The number of rotatable bonds is 5. The van der Waals surface area contributed by atoms with E-state index in [0.717, 1.165) is 16.8 Å². The molecule has 0 spiro atoms. The lowest BCUT2D eigenvalue weighted by Gasteiger charge is -2.21. The number of halogens is 1. The monoisotopic (exact) mass is 344 g/mol. The van der Waals surface area contributed by atoms with Crippen molar-refractivity contribution in [2.24, 2.45) is 0 Å². The Morgan fingerprint density at radius 1 is 1.40 bits per heavy atom. The largest absolute Gasteiger partial charge is 0.311 e. The second kappa shape index (κ2) is 7.35. The van der Waals surface area contributed by atoms with Gasteiger partial charge in [0.15, 0.2) is 0 Å². The van der Waals surface area contributed by atoms with E-state index in [-0.39, 0.29) is 6.54 Å². The number of likely N-dealkylation sites (N-methyl/N-ethyl adjacent to an activating group) is 1. The summed E-state index contributed by atoms with van der Waals surface area (Å²) in [5, 5.41) is 19.8. The molecule has 1 aromatic heterocycles. The average molecular weight is 344 g/mol. The first-order valence-corrected chi connectivity index (χ1v) is 7.22. The Morgan fingerprint density at radius 2 is 2.04 bits per heavy atom. The SMILES string of the molecule is CCN(C(=O)Cn1cc([N+](=O)[O-])cc(C#N)c1=O)c1ccc(F)cc1. The smallest absolute Gasteiger partial charge is 0.287 e.